The molecule has 0 spiro atoms. The van der Waals surface area contributed by atoms with Crippen molar-refractivity contribution >= 4 is 17.8 Å². The molecule has 12 nitrogen and oxygen atoms in total. The first-order valence-electron chi connectivity index (χ1n) is 14.1. The zero-order chi connectivity index (χ0) is 29.1. The van der Waals surface area contributed by atoms with Gasteiger partial charge in [-0.25, -0.2) is 19.2 Å². The lowest BCUT2D eigenvalue weighted by atomic mass is 10.1. The SMILES string of the molecule is CC(C)n1cnnc1-c1cccc(NC(=O)c2cc3c(cc2F)CN(C(=O)N2CC(O)C2)Cc2c(C4CC4)ncn2-3)n1. The number of carbonyl (C=O) groups is 2. The number of rotatable bonds is 5. The standard InChI is InChI=1S/C29H30FN9O3/c1-16(2)38-15-32-35-27(38)22-4-3-5-25(33-22)34-28(41)20-9-23-18(8-21(20)30)10-36(29(42)37-11-19(40)12-37)13-24-26(17-6-7-17)31-14-39(23)24/h3-5,8-9,14-17,19,40H,6-7,10-13H2,1-2H3,(H,33,34,41). The highest BCUT2D eigenvalue weighted by atomic mass is 19.1. The van der Waals surface area contributed by atoms with E-state index in [2.05, 4.69) is 25.5 Å². The second kappa shape index (κ2) is 10.0. The van der Waals surface area contributed by atoms with Gasteiger partial charge in [0.15, 0.2) is 5.82 Å². The van der Waals surface area contributed by atoms with E-state index in [0.717, 1.165) is 24.2 Å². The summed E-state index contributed by atoms with van der Waals surface area (Å²) >= 11 is 0. The Kier molecular flexibility index (Phi) is 6.26. The van der Waals surface area contributed by atoms with Gasteiger partial charge < -0.3 is 29.4 Å². The Hall–Kier alpha value is -4.65. The molecule has 0 atom stereocenters. The molecule has 4 aromatic rings. The molecule has 1 aliphatic carbocycles. The van der Waals surface area contributed by atoms with Crippen LogP contribution in [0.25, 0.3) is 17.2 Å². The van der Waals surface area contributed by atoms with Crippen LogP contribution in [0.1, 0.15) is 66.0 Å². The minimum Gasteiger partial charge on any atom is -0.389 e. The predicted molar refractivity (Wildman–Crippen MR) is 149 cm³/mol. The van der Waals surface area contributed by atoms with Gasteiger partial charge in [0.2, 0.25) is 0 Å². The summed E-state index contributed by atoms with van der Waals surface area (Å²) in [6, 6.07) is 7.87. The van der Waals surface area contributed by atoms with Crippen molar-refractivity contribution in [3.63, 3.8) is 0 Å². The lowest BCUT2D eigenvalue weighted by Gasteiger charge is -2.39. The number of carbonyl (C=O) groups excluding carboxylic acids is 2. The summed E-state index contributed by atoms with van der Waals surface area (Å²) < 4.78 is 19.3. The molecule has 3 aliphatic rings. The van der Waals surface area contributed by atoms with Gasteiger partial charge in [0.05, 0.1) is 61.2 Å². The molecule has 7 rings (SSSR count). The van der Waals surface area contributed by atoms with Crippen LogP contribution in [0.3, 0.4) is 0 Å². The number of pyridine rings is 1. The number of benzene rings is 1. The topological polar surface area (TPSA) is 134 Å². The van der Waals surface area contributed by atoms with Crippen LogP contribution >= 0.6 is 0 Å². The number of anilines is 1. The van der Waals surface area contributed by atoms with Crippen LogP contribution < -0.4 is 5.32 Å². The van der Waals surface area contributed by atoms with Crippen LogP contribution in [-0.2, 0) is 13.1 Å². The predicted octanol–water partition coefficient (Wildman–Crippen LogP) is 3.49. The molecule has 0 unspecified atom stereocenters. The Morgan fingerprint density at radius 3 is 2.64 bits per heavy atom. The van der Waals surface area contributed by atoms with E-state index in [1.54, 1.807) is 40.7 Å². The molecular formula is C29H30FN9O3. The number of β-amino-alcohol motifs (C(OH)–C–C–N with tert-alkyl or cyclic N) is 1. The normalized spacial score (nSPS) is 16.6. The second-order valence-electron chi connectivity index (χ2n) is 11.4. The third kappa shape index (κ3) is 4.59. The van der Waals surface area contributed by atoms with Crippen LogP contribution in [0.2, 0.25) is 0 Å². The molecule has 1 saturated heterocycles. The first kappa shape index (κ1) is 26.3. The molecule has 2 fully saturated rings. The first-order chi connectivity index (χ1) is 20.3. The number of nitrogens with one attached hydrogen (secondary N) is 1. The van der Waals surface area contributed by atoms with Crippen molar-refractivity contribution in [1.29, 1.82) is 0 Å². The van der Waals surface area contributed by atoms with Crippen LogP contribution in [0, 0.1) is 5.82 Å². The highest BCUT2D eigenvalue weighted by Gasteiger charge is 2.37. The molecule has 1 aromatic carbocycles. The number of amides is 3. The summed E-state index contributed by atoms with van der Waals surface area (Å²) in [6.07, 6.45) is 4.85. The average Bonchev–Trinajstić information content (AvgIpc) is 3.55. The summed E-state index contributed by atoms with van der Waals surface area (Å²) in [7, 11) is 0. The minimum atomic E-state index is -0.709. The monoisotopic (exact) mass is 571 g/mol. The summed E-state index contributed by atoms with van der Waals surface area (Å²) in [4.78, 5) is 39.1. The van der Waals surface area contributed by atoms with Crippen molar-refractivity contribution in [2.45, 2.75) is 57.8 Å². The van der Waals surface area contributed by atoms with E-state index in [9.17, 15) is 14.7 Å². The van der Waals surface area contributed by atoms with E-state index in [-0.39, 0.29) is 43.1 Å². The Bertz CT molecular complexity index is 1700. The number of hydrogen-bond acceptors (Lipinski definition) is 7. The van der Waals surface area contributed by atoms with Crippen molar-refractivity contribution in [3.8, 4) is 17.2 Å². The molecular weight excluding hydrogens is 541 g/mol. The van der Waals surface area contributed by atoms with Crippen molar-refractivity contribution in [1.82, 2.24) is 39.1 Å². The molecule has 13 heteroatoms. The fourth-order valence-corrected chi connectivity index (χ4v) is 5.58. The van der Waals surface area contributed by atoms with Gasteiger partial charge >= 0.3 is 6.03 Å². The molecule has 3 aromatic heterocycles. The molecule has 0 bridgehead atoms. The van der Waals surface area contributed by atoms with Gasteiger partial charge in [-0.1, -0.05) is 6.07 Å². The lowest BCUT2D eigenvalue weighted by Crippen LogP contribution is -2.57. The fourth-order valence-electron chi connectivity index (χ4n) is 5.58. The highest BCUT2D eigenvalue weighted by Crippen LogP contribution is 2.42. The summed E-state index contributed by atoms with van der Waals surface area (Å²) in [5.74, 6) is -0.226. The molecule has 1 saturated carbocycles. The van der Waals surface area contributed by atoms with Crippen molar-refractivity contribution < 1.29 is 19.1 Å². The molecule has 2 aliphatic heterocycles. The van der Waals surface area contributed by atoms with Gasteiger partial charge in [-0.05, 0) is 56.5 Å². The van der Waals surface area contributed by atoms with Crippen molar-refractivity contribution in [2.24, 2.45) is 0 Å². The lowest BCUT2D eigenvalue weighted by molar-refractivity contribution is 0.0134. The van der Waals surface area contributed by atoms with Crippen LogP contribution in [0.5, 0.6) is 0 Å². The summed E-state index contributed by atoms with van der Waals surface area (Å²) in [6.45, 7) is 5.01. The highest BCUT2D eigenvalue weighted by molar-refractivity contribution is 6.04. The van der Waals surface area contributed by atoms with E-state index < -0.39 is 17.8 Å². The van der Waals surface area contributed by atoms with E-state index >= 15 is 4.39 Å². The molecule has 5 heterocycles. The Labute approximate surface area is 240 Å². The number of imidazole rings is 1. The van der Waals surface area contributed by atoms with Crippen LogP contribution in [0.15, 0.2) is 43.0 Å². The van der Waals surface area contributed by atoms with E-state index in [1.165, 1.54) is 12.1 Å². The number of nitrogens with zero attached hydrogens (tertiary/aromatic N) is 8. The number of likely N-dealkylation sites (tertiary alicyclic amines) is 1. The van der Waals surface area contributed by atoms with E-state index in [0.29, 0.717) is 35.2 Å². The van der Waals surface area contributed by atoms with Crippen molar-refractivity contribution in [2.75, 3.05) is 18.4 Å². The number of aliphatic hydroxyl groups excluding tert-OH is 1. The van der Waals surface area contributed by atoms with Crippen LogP contribution in [0.4, 0.5) is 15.0 Å². The van der Waals surface area contributed by atoms with Gasteiger partial charge in [-0.2, -0.15) is 0 Å². The van der Waals surface area contributed by atoms with Gasteiger partial charge in [0, 0.05) is 12.0 Å². The number of fused-ring (bicyclic) bond motifs is 3. The Balaban J connectivity index is 1.21. The maximum absolute atomic E-state index is 15.6. The minimum absolute atomic E-state index is 0.112. The quantitative estimate of drug-likeness (QED) is 0.375. The fraction of sp³-hybridized carbons (Fsp3) is 0.379. The van der Waals surface area contributed by atoms with Gasteiger partial charge in [0.25, 0.3) is 5.91 Å². The number of urea groups is 1. The Morgan fingerprint density at radius 2 is 1.90 bits per heavy atom. The van der Waals surface area contributed by atoms with E-state index in [1.807, 2.05) is 23.0 Å². The van der Waals surface area contributed by atoms with E-state index in [4.69, 9.17) is 0 Å². The second-order valence-corrected chi connectivity index (χ2v) is 11.4. The zero-order valence-corrected chi connectivity index (χ0v) is 23.2. The zero-order valence-electron chi connectivity index (χ0n) is 23.2. The number of hydrogen-bond donors (Lipinski definition) is 2. The van der Waals surface area contributed by atoms with Gasteiger partial charge in [0.1, 0.15) is 23.7 Å². The molecule has 3 amide bonds. The number of aromatic nitrogens is 6. The van der Waals surface area contributed by atoms with Crippen LogP contribution in [-0.4, -0.2) is 75.3 Å². The maximum Gasteiger partial charge on any atom is 0.320 e. The number of halogens is 1. The Morgan fingerprint density at radius 1 is 1.10 bits per heavy atom. The molecule has 2 N–H and O–H groups in total. The molecule has 216 valence electrons. The molecule has 42 heavy (non-hydrogen) atoms. The number of aliphatic hydroxyl groups is 1. The average molecular weight is 572 g/mol. The summed E-state index contributed by atoms with van der Waals surface area (Å²) in [5.41, 5.74) is 3.31. The molecule has 0 radical (unpaired) electrons. The van der Waals surface area contributed by atoms with Crippen molar-refractivity contribution in [3.05, 3.63) is 71.3 Å². The maximum atomic E-state index is 15.6. The third-order valence-corrected chi connectivity index (χ3v) is 7.99. The third-order valence-electron chi connectivity index (χ3n) is 7.99. The smallest absolute Gasteiger partial charge is 0.320 e. The summed E-state index contributed by atoms with van der Waals surface area (Å²) in [5, 5.41) is 20.6. The largest absolute Gasteiger partial charge is 0.389 e. The van der Waals surface area contributed by atoms with Gasteiger partial charge in [-0.3, -0.25) is 4.79 Å². The first-order valence-corrected chi connectivity index (χ1v) is 14.1. The van der Waals surface area contributed by atoms with Gasteiger partial charge in [-0.15, -0.1) is 10.2 Å².